The number of carbonyl (C=O) groups is 1. The molecule has 0 fully saturated rings. The summed E-state index contributed by atoms with van der Waals surface area (Å²) in [5.41, 5.74) is 10.0. The molecule has 104 valence electrons. The predicted octanol–water partition coefficient (Wildman–Crippen LogP) is 1.52. The number of nitrogens with two attached hydrogens (primary N) is 1. The van der Waals surface area contributed by atoms with E-state index in [0.29, 0.717) is 25.1 Å². The number of nitrogen functional groups attached to an aromatic ring is 1. The molecule has 0 radical (unpaired) electrons. The number of aromatic nitrogens is 1. The highest BCUT2D eigenvalue weighted by Crippen LogP contribution is 2.31. The van der Waals surface area contributed by atoms with E-state index in [1.165, 1.54) is 0 Å². The Kier molecular flexibility index (Phi) is 3.19. The second-order valence-corrected chi connectivity index (χ2v) is 5.51. The van der Waals surface area contributed by atoms with Crippen LogP contribution in [0.15, 0.2) is 22.3 Å². The highest BCUT2D eigenvalue weighted by atomic mass is 32.1. The zero-order valence-electron chi connectivity index (χ0n) is 10.7. The van der Waals surface area contributed by atoms with Crippen molar-refractivity contribution in [3.05, 3.63) is 38.4 Å². The van der Waals surface area contributed by atoms with Crippen LogP contribution in [0.2, 0.25) is 0 Å². The first-order valence-corrected chi connectivity index (χ1v) is 7.12. The number of nitrogens with one attached hydrogen (secondary N) is 3. The van der Waals surface area contributed by atoms with E-state index < -0.39 is 0 Å². The third-order valence-electron chi connectivity index (χ3n) is 3.21. The van der Waals surface area contributed by atoms with E-state index in [0.717, 1.165) is 34.0 Å². The summed E-state index contributed by atoms with van der Waals surface area (Å²) in [4.78, 5) is 25.1. The first-order chi connectivity index (χ1) is 9.61. The van der Waals surface area contributed by atoms with Crippen LogP contribution in [0.3, 0.4) is 0 Å². The maximum absolute atomic E-state index is 11.3. The maximum Gasteiger partial charge on any atom is 0.304 e. The Hall–Kier alpha value is -2.28. The molecule has 1 aromatic heterocycles. The van der Waals surface area contributed by atoms with E-state index in [4.69, 9.17) is 5.73 Å². The summed E-state index contributed by atoms with van der Waals surface area (Å²) < 4.78 is 0. The monoisotopic (exact) mass is 290 g/mol. The van der Waals surface area contributed by atoms with E-state index in [1.54, 1.807) is 11.4 Å². The maximum atomic E-state index is 11.3. The molecule has 5 N–H and O–H groups in total. The fourth-order valence-corrected chi connectivity index (χ4v) is 2.77. The van der Waals surface area contributed by atoms with Crippen LogP contribution in [-0.4, -0.2) is 10.9 Å². The van der Waals surface area contributed by atoms with Crippen molar-refractivity contribution in [3.63, 3.8) is 0 Å². The normalized spacial score (nSPS) is 13.7. The number of thiazole rings is 1. The number of benzene rings is 1. The first-order valence-electron chi connectivity index (χ1n) is 6.24. The molecule has 7 heteroatoms. The molecule has 1 aromatic carbocycles. The molecule has 0 saturated heterocycles. The van der Waals surface area contributed by atoms with Crippen LogP contribution in [0.1, 0.15) is 17.7 Å². The van der Waals surface area contributed by atoms with Gasteiger partial charge in [0.15, 0.2) is 0 Å². The van der Waals surface area contributed by atoms with Crippen LogP contribution in [0.4, 0.5) is 17.1 Å². The number of rotatable bonds is 3. The minimum Gasteiger partial charge on any atom is -0.397 e. The van der Waals surface area contributed by atoms with Gasteiger partial charge in [-0.15, -0.1) is 0 Å². The Bertz CT molecular complexity index is 719. The molecular weight excluding hydrogens is 276 g/mol. The fraction of sp³-hybridized carbons (Fsp3) is 0.231. The number of amides is 1. The minimum atomic E-state index is -0.0667. The number of anilines is 3. The highest BCUT2D eigenvalue weighted by Gasteiger charge is 2.16. The molecule has 20 heavy (non-hydrogen) atoms. The number of H-pyrrole nitrogens is 1. The van der Waals surface area contributed by atoms with Crippen LogP contribution >= 0.6 is 11.3 Å². The van der Waals surface area contributed by atoms with Crippen LogP contribution < -0.4 is 21.2 Å². The van der Waals surface area contributed by atoms with Crippen molar-refractivity contribution in [1.29, 1.82) is 0 Å². The smallest absolute Gasteiger partial charge is 0.304 e. The first kappa shape index (κ1) is 12.7. The second kappa shape index (κ2) is 5.01. The number of carbonyl (C=O) groups excluding carboxylic acids is 1. The van der Waals surface area contributed by atoms with E-state index in [9.17, 15) is 9.59 Å². The highest BCUT2D eigenvalue weighted by molar-refractivity contribution is 7.07. The van der Waals surface area contributed by atoms with Crippen molar-refractivity contribution in [2.24, 2.45) is 0 Å². The predicted molar refractivity (Wildman–Crippen MR) is 80.1 cm³/mol. The van der Waals surface area contributed by atoms with Crippen molar-refractivity contribution in [1.82, 2.24) is 4.98 Å². The van der Waals surface area contributed by atoms with Crippen molar-refractivity contribution < 1.29 is 4.79 Å². The third kappa shape index (κ3) is 2.53. The summed E-state index contributed by atoms with van der Waals surface area (Å²) in [6, 6.07) is 3.72. The van der Waals surface area contributed by atoms with Crippen molar-refractivity contribution in [2.75, 3.05) is 16.4 Å². The van der Waals surface area contributed by atoms with Gasteiger partial charge in [0.25, 0.3) is 0 Å². The van der Waals surface area contributed by atoms with Crippen LogP contribution in [0.5, 0.6) is 0 Å². The van der Waals surface area contributed by atoms with Gasteiger partial charge in [-0.2, -0.15) is 0 Å². The van der Waals surface area contributed by atoms with Crippen LogP contribution in [-0.2, 0) is 17.8 Å². The molecular formula is C13H14N4O2S. The molecule has 0 aliphatic carbocycles. The molecule has 0 spiro atoms. The van der Waals surface area contributed by atoms with Crippen molar-refractivity contribution in [3.8, 4) is 0 Å². The Morgan fingerprint density at radius 1 is 1.30 bits per heavy atom. The number of aryl methyl sites for hydroxylation is 1. The quantitative estimate of drug-likeness (QED) is 0.644. The Labute approximate surface area is 119 Å². The van der Waals surface area contributed by atoms with Crippen LogP contribution in [0.25, 0.3) is 0 Å². The average molecular weight is 290 g/mol. The third-order valence-corrected chi connectivity index (χ3v) is 3.93. The zero-order chi connectivity index (χ0) is 14.1. The molecule has 0 saturated carbocycles. The number of aromatic amines is 1. The molecule has 6 nitrogen and oxygen atoms in total. The van der Waals surface area contributed by atoms with Gasteiger partial charge in [0, 0.05) is 23.2 Å². The SMILES string of the molecule is Nc1cc2c(cc1NCc1csc(=O)[nH]1)CCC(=O)N2. The van der Waals surface area contributed by atoms with Crippen molar-refractivity contribution >= 4 is 34.3 Å². The van der Waals surface area contributed by atoms with E-state index >= 15 is 0 Å². The molecule has 2 heterocycles. The number of fused-ring (bicyclic) bond motifs is 1. The number of hydrogen-bond donors (Lipinski definition) is 4. The number of hydrogen-bond acceptors (Lipinski definition) is 5. The molecule has 3 rings (SSSR count). The van der Waals surface area contributed by atoms with E-state index in [2.05, 4.69) is 15.6 Å². The average Bonchev–Trinajstić information content (AvgIpc) is 2.82. The van der Waals surface area contributed by atoms with Gasteiger partial charge in [-0.25, -0.2) is 0 Å². The van der Waals surface area contributed by atoms with Gasteiger partial charge in [0.05, 0.1) is 17.9 Å². The Morgan fingerprint density at radius 3 is 2.90 bits per heavy atom. The van der Waals surface area contributed by atoms with E-state index in [1.807, 2.05) is 6.07 Å². The zero-order valence-corrected chi connectivity index (χ0v) is 11.5. The van der Waals surface area contributed by atoms with Gasteiger partial charge >= 0.3 is 4.87 Å². The summed E-state index contributed by atoms with van der Waals surface area (Å²) >= 11 is 1.14. The Morgan fingerprint density at radius 2 is 2.15 bits per heavy atom. The van der Waals surface area contributed by atoms with Crippen molar-refractivity contribution in [2.45, 2.75) is 19.4 Å². The lowest BCUT2D eigenvalue weighted by molar-refractivity contribution is -0.116. The Balaban J connectivity index is 1.80. The second-order valence-electron chi connectivity index (χ2n) is 4.67. The fourth-order valence-electron chi connectivity index (χ4n) is 2.19. The van der Waals surface area contributed by atoms with Gasteiger partial charge < -0.3 is 21.4 Å². The summed E-state index contributed by atoms with van der Waals surface area (Å²) in [5, 5.41) is 7.80. The van der Waals surface area contributed by atoms with Gasteiger partial charge in [0.2, 0.25) is 5.91 Å². The summed E-state index contributed by atoms with van der Waals surface area (Å²) in [7, 11) is 0. The standard InChI is InChI=1S/C13H14N4O2S/c14-9-4-10-7(1-2-12(18)17-10)3-11(9)15-5-8-6-20-13(19)16-8/h3-4,6,15H,1-2,5,14H2,(H,16,19)(H,17,18). The molecule has 2 aromatic rings. The lowest BCUT2D eigenvalue weighted by Crippen LogP contribution is -2.19. The topological polar surface area (TPSA) is 100 Å². The van der Waals surface area contributed by atoms with Crippen LogP contribution in [0, 0.1) is 0 Å². The van der Waals surface area contributed by atoms with Gasteiger partial charge in [-0.05, 0) is 24.1 Å². The molecule has 0 atom stereocenters. The molecule has 1 amide bonds. The lowest BCUT2D eigenvalue weighted by Gasteiger charge is -2.19. The largest absolute Gasteiger partial charge is 0.397 e. The van der Waals surface area contributed by atoms with Gasteiger partial charge in [-0.1, -0.05) is 11.3 Å². The minimum absolute atomic E-state index is 0.0217. The van der Waals surface area contributed by atoms with E-state index in [-0.39, 0.29) is 10.8 Å². The lowest BCUT2D eigenvalue weighted by atomic mass is 10.0. The molecule has 1 aliphatic heterocycles. The summed E-state index contributed by atoms with van der Waals surface area (Å²) in [6.45, 7) is 0.508. The van der Waals surface area contributed by atoms with Gasteiger partial charge in [-0.3, -0.25) is 9.59 Å². The summed E-state index contributed by atoms with van der Waals surface area (Å²) in [5.74, 6) is 0.0217. The molecule has 0 bridgehead atoms. The molecule has 1 aliphatic rings. The molecule has 0 unspecified atom stereocenters. The van der Waals surface area contributed by atoms with Gasteiger partial charge in [0.1, 0.15) is 0 Å². The summed E-state index contributed by atoms with van der Waals surface area (Å²) in [6.07, 6.45) is 1.21.